The summed E-state index contributed by atoms with van der Waals surface area (Å²) in [5.41, 5.74) is 0. The second-order valence-electron chi connectivity index (χ2n) is 2.86. The van der Waals surface area contributed by atoms with Gasteiger partial charge in [-0.2, -0.15) is 12.6 Å². The highest BCUT2D eigenvalue weighted by Crippen LogP contribution is 1.90. The molecule has 0 saturated heterocycles. The summed E-state index contributed by atoms with van der Waals surface area (Å²) in [7, 11) is 0. The van der Waals surface area contributed by atoms with E-state index in [0.29, 0.717) is 25.4 Å². The third-order valence-corrected chi connectivity index (χ3v) is 2.09. The van der Waals surface area contributed by atoms with Crippen molar-refractivity contribution in [3.8, 4) is 0 Å². The molecule has 0 aromatic carbocycles. The van der Waals surface area contributed by atoms with Crippen molar-refractivity contribution >= 4 is 24.4 Å². The summed E-state index contributed by atoms with van der Waals surface area (Å²) < 4.78 is 0. The van der Waals surface area contributed by atoms with Gasteiger partial charge in [0.15, 0.2) is 0 Å². The van der Waals surface area contributed by atoms with Crippen LogP contribution in [0.2, 0.25) is 0 Å². The summed E-state index contributed by atoms with van der Waals surface area (Å²) >= 11 is 3.95. The number of carbonyl (C=O) groups is 2. The molecule has 0 aliphatic rings. The van der Waals surface area contributed by atoms with Crippen molar-refractivity contribution in [1.82, 2.24) is 10.2 Å². The van der Waals surface area contributed by atoms with Gasteiger partial charge in [0.25, 0.3) is 0 Å². The van der Waals surface area contributed by atoms with Gasteiger partial charge in [-0.05, 0) is 13.8 Å². The summed E-state index contributed by atoms with van der Waals surface area (Å²) in [6, 6.07) is 0. The fourth-order valence-corrected chi connectivity index (χ4v) is 1.14. The van der Waals surface area contributed by atoms with Crippen molar-refractivity contribution < 1.29 is 9.59 Å². The maximum absolute atomic E-state index is 11.4. The largest absolute Gasteiger partial charge is 0.352 e. The zero-order valence-corrected chi connectivity index (χ0v) is 10.1. The van der Waals surface area contributed by atoms with Gasteiger partial charge in [0, 0.05) is 37.5 Å². The normalized spacial score (nSPS) is 10.3. The van der Waals surface area contributed by atoms with Gasteiger partial charge in [0.2, 0.25) is 11.8 Å². The lowest BCUT2D eigenvalue weighted by Crippen LogP contribution is -2.29. The van der Waals surface area contributed by atoms with E-state index in [2.05, 4.69) is 17.9 Å². The van der Waals surface area contributed by atoms with Gasteiger partial charge in [0.1, 0.15) is 0 Å². The van der Waals surface area contributed by atoms with Gasteiger partial charge < -0.3 is 10.2 Å². The first-order valence-electron chi connectivity index (χ1n) is 5.01. The van der Waals surface area contributed by atoms with Crippen LogP contribution in [0, 0.1) is 0 Å². The van der Waals surface area contributed by atoms with E-state index >= 15 is 0 Å². The van der Waals surface area contributed by atoms with Crippen LogP contribution >= 0.6 is 12.6 Å². The molecule has 2 amide bonds. The van der Waals surface area contributed by atoms with Crippen molar-refractivity contribution in [2.75, 3.05) is 25.4 Å². The van der Waals surface area contributed by atoms with Crippen molar-refractivity contribution in [3.63, 3.8) is 0 Å². The number of nitrogens with one attached hydrogen (secondary N) is 1. The van der Waals surface area contributed by atoms with E-state index in [4.69, 9.17) is 0 Å². The van der Waals surface area contributed by atoms with E-state index in [-0.39, 0.29) is 11.8 Å². The molecule has 0 saturated carbocycles. The van der Waals surface area contributed by atoms with Gasteiger partial charge in [-0.1, -0.05) is 0 Å². The van der Waals surface area contributed by atoms with Crippen LogP contribution in [-0.2, 0) is 9.59 Å². The van der Waals surface area contributed by atoms with E-state index in [1.54, 1.807) is 4.90 Å². The maximum Gasteiger partial charge on any atom is 0.246 e. The summed E-state index contributed by atoms with van der Waals surface area (Å²) in [5.74, 6) is 0.189. The summed E-state index contributed by atoms with van der Waals surface area (Å²) in [4.78, 5) is 24.2. The van der Waals surface area contributed by atoms with Gasteiger partial charge in [-0.25, -0.2) is 0 Å². The van der Waals surface area contributed by atoms with Crippen LogP contribution in [0.5, 0.6) is 0 Å². The number of hydrogen-bond donors (Lipinski definition) is 2. The Balaban J connectivity index is 4.03. The van der Waals surface area contributed by atoms with E-state index < -0.39 is 0 Å². The van der Waals surface area contributed by atoms with Gasteiger partial charge >= 0.3 is 0 Å². The molecule has 0 aliphatic heterocycles. The Morgan fingerprint density at radius 2 is 1.87 bits per heavy atom. The van der Waals surface area contributed by atoms with Crippen LogP contribution in [0.25, 0.3) is 0 Å². The fraction of sp³-hybridized carbons (Fsp3) is 0.600. The molecule has 0 spiro atoms. The van der Waals surface area contributed by atoms with Crippen molar-refractivity contribution in [3.05, 3.63) is 12.2 Å². The summed E-state index contributed by atoms with van der Waals surface area (Å²) in [5, 5.41) is 2.59. The van der Waals surface area contributed by atoms with Crippen molar-refractivity contribution in [1.29, 1.82) is 0 Å². The summed E-state index contributed by atoms with van der Waals surface area (Å²) in [6.45, 7) is 5.61. The monoisotopic (exact) mass is 230 g/mol. The Bertz CT molecular complexity index is 238. The van der Waals surface area contributed by atoms with Crippen LogP contribution in [-0.4, -0.2) is 42.1 Å². The molecule has 0 aliphatic carbocycles. The molecule has 0 rings (SSSR count). The SMILES string of the molecule is CCN(CC)C(=O)/C=C/C(=O)NCCS. The molecule has 0 radical (unpaired) electrons. The first kappa shape index (κ1) is 14.0. The Labute approximate surface area is 96.1 Å². The van der Waals surface area contributed by atoms with Crippen LogP contribution in [0.1, 0.15) is 13.8 Å². The molecule has 0 aromatic rings. The first-order chi connectivity index (χ1) is 7.15. The van der Waals surface area contributed by atoms with Crippen LogP contribution < -0.4 is 5.32 Å². The Hall–Kier alpha value is -0.970. The second-order valence-corrected chi connectivity index (χ2v) is 3.31. The Morgan fingerprint density at radius 3 is 2.33 bits per heavy atom. The number of likely N-dealkylation sites (N-methyl/N-ethyl adjacent to an activating group) is 1. The van der Waals surface area contributed by atoms with E-state index in [1.165, 1.54) is 12.2 Å². The van der Waals surface area contributed by atoms with Crippen LogP contribution in [0.3, 0.4) is 0 Å². The fourth-order valence-electron chi connectivity index (χ4n) is 1.03. The lowest BCUT2D eigenvalue weighted by Gasteiger charge is -2.15. The van der Waals surface area contributed by atoms with Crippen LogP contribution in [0.4, 0.5) is 0 Å². The first-order valence-corrected chi connectivity index (χ1v) is 5.64. The second kappa shape index (κ2) is 8.35. The van der Waals surface area contributed by atoms with E-state index in [1.807, 2.05) is 13.8 Å². The molecule has 1 N–H and O–H groups in total. The highest BCUT2D eigenvalue weighted by molar-refractivity contribution is 7.80. The molecule has 0 atom stereocenters. The predicted octanol–water partition coefficient (Wildman–Crippen LogP) is 0.457. The van der Waals surface area contributed by atoms with Gasteiger partial charge in [-0.3, -0.25) is 9.59 Å². The molecule has 0 aromatic heterocycles. The average Bonchev–Trinajstić information content (AvgIpc) is 2.25. The lowest BCUT2D eigenvalue weighted by molar-refractivity contribution is -0.126. The maximum atomic E-state index is 11.4. The number of thiol groups is 1. The zero-order chi connectivity index (χ0) is 11.7. The molecule has 86 valence electrons. The lowest BCUT2D eigenvalue weighted by atomic mass is 10.4. The predicted molar refractivity (Wildman–Crippen MR) is 63.9 cm³/mol. The third-order valence-electron chi connectivity index (χ3n) is 1.86. The van der Waals surface area contributed by atoms with E-state index in [9.17, 15) is 9.59 Å². The number of hydrogen-bond acceptors (Lipinski definition) is 3. The summed E-state index contributed by atoms with van der Waals surface area (Å²) in [6.07, 6.45) is 2.55. The number of carbonyl (C=O) groups excluding carboxylic acids is 2. The van der Waals surface area contributed by atoms with Gasteiger partial charge in [0.05, 0.1) is 0 Å². The van der Waals surface area contributed by atoms with Crippen LogP contribution in [0.15, 0.2) is 12.2 Å². The molecule has 0 fully saturated rings. The Kier molecular flexibility index (Phi) is 7.81. The zero-order valence-electron chi connectivity index (χ0n) is 9.19. The third kappa shape index (κ3) is 6.17. The topological polar surface area (TPSA) is 49.4 Å². The molecule has 15 heavy (non-hydrogen) atoms. The Morgan fingerprint density at radius 1 is 1.27 bits per heavy atom. The average molecular weight is 230 g/mol. The van der Waals surface area contributed by atoms with Crippen molar-refractivity contribution in [2.45, 2.75) is 13.8 Å². The number of amides is 2. The van der Waals surface area contributed by atoms with Crippen molar-refractivity contribution in [2.24, 2.45) is 0 Å². The standard InChI is InChI=1S/C10H18N2O2S/c1-3-12(4-2)10(14)6-5-9(13)11-7-8-15/h5-6,15H,3-4,7-8H2,1-2H3,(H,11,13)/b6-5+. The molecule has 5 heteroatoms. The molecule has 0 heterocycles. The van der Waals surface area contributed by atoms with E-state index in [0.717, 1.165) is 0 Å². The molecular formula is C10H18N2O2S. The molecule has 0 bridgehead atoms. The quantitative estimate of drug-likeness (QED) is 0.514. The minimum Gasteiger partial charge on any atom is -0.352 e. The molecule has 0 unspecified atom stereocenters. The highest BCUT2D eigenvalue weighted by atomic mass is 32.1. The van der Waals surface area contributed by atoms with Gasteiger partial charge in [-0.15, -0.1) is 0 Å². The molecule has 4 nitrogen and oxygen atoms in total. The molecular weight excluding hydrogens is 212 g/mol. The minimum atomic E-state index is -0.260. The minimum absolute atomic E-state index is 0.138. The highest BCUT2D eigenvalue weighted by Gasteiger charge is 2.05. The smallest absolute Gasteiger partial charge is 0.246 e. The number of rotatable bonds is 6. The number of nitrogens with zero attached hydrogens (tertiary/aromatic N) is 1.